The smallest absolute Gasteiger partial charge is 0.272 e. The minimum absolute atomic E-state index is 0.0820. The second kappa shape index (κ2) is 6.70. The molecule has 0 bridgehead atoms. The molecule has 6 heteroatoms. The number of imidazole rings is 1. The van der Waals surface area contributed by atoms with Crippen molar-refractivity contribution >= 4 is 16.9 Å². The van der Waals surface area contributed by atoms with Crippen molar-refractivity contribution in [2.75, 3.05) is 6.54 Å². The van der Waals surface area contributed by atoms with E-state index in [0.717, 1.165) is 47.4 Å². The van der Waals surface area contributed by atoms with E-state index in [1.165, 1.54) is 12.8 Å². The maximum Gasteiger partial charge on any atom is 0.272 e. The number of fused-ring (bicyclic) bond motifs is 2. The summed E-state index contributed by atoms with van der Waals surface area (Å²) in [5.41, 5.74) is 4.91. The number of carbonyl (C=O) groups is 1. The Kier molecular flexibility index (Phi) is 4.26. The highest BCUT2D eigenvalue weighted by molar-refractivity contribution is 5.94. The van der Waals surface area contributed by atoms with Crippen LogP contribution in [-0.2, 0) is 19.4 Å². The zero-order valence-electron chi connectivity index (χ0n) is 14.5. The number of hydrogen-bond acceptors (Lipinski definition) is 3. The van der Waals surface area contributed by atoms with Crippen molar-refractivity contribution in [2.45, 2.75) is 45.6 Å². The topological polar surface area (TPSA) is 75.6 Å². The number of carbonyl (C=O) groups excluding carboxylic acids is 1. The lowest BCUT2D eigenvalue weighted by atomic mass is 10.1. The van der Waals surface area contributed by atoms with E-state index < -0.39 is 0 Å². The first-order valence-electron chi connectivity index (χ1n) is 9.00. The number of benzene rings is 1. The van der Waals surface area contributed by atoms with Crippen LogP contribution in [-0.4, -0.2) is 32.2 Å². The summed E-state index contributed by atoms with van der Waals surface area (Å²) >= 11 is 0. The predicted octanol–water partition coefficient (Wildman–Crippen LogP) is 2.77. The van der Waals surface area contributed by atoms with Crippen molar-refractivity contribution in [2.24, 2.45) is 0 Å². The van der Waals surface area contributed by atoms with E-state index >= 15 is 0 Å². The fraction of sp³-hybridized carbons (Fsp3) is 0.421. The molecule has 1 aliphatic rings. The normalized spacial score (nSPS) is 14.3. The highest BCUT2D eigenvalue weighted by Crippen LogP contribution is 2.21. The van der Waals surface area contributed by atoms with Gasteiger partial charge in [-0.3, -0.25) is 9.89 Å². The Morgan fingerprint density at radius 3 is 3.00 bits per heavy atom. The van der Waals surface area contributed by atoms with Crippen molar-refractivity contribution < 1.29 is 4.79 Å². The SMILES string of the molecule is Cc1nc2ccccc2n1CCNC(=O)c1n[nH]c2c1CCCCC2. The maximum atomic E-state index is 12.5. The Balaban J connectivity index is 1.44. The molecule has 0 radical (unpaired) electrons. The molecule has 0 saturated carbocycles. The van der Waals surface area contributed by atoms with Gasteiger partial charge in [-0.05, 0) is 44.7 Å². The van der Waals surface area contributed by atoms with Gasteiger partial charge in [-0.25, -0.2) is 4.98 Å². The molecule has 6 nitrogen and oxygen atoms in total. The molecule has 1 aliphatic carbocycles. The molecule has 0 aliphatic heterocycles. The number of hydrogen-bond donors (Lipinski definition) is 2. The van der Waals surface area contributed by atoms with Crippen LogP contribution in [0, 0.1) is 6.92 Å². The Morgan fingerprint density at radius 2 is 2.08 bits per heavy atom. The van der Waals surface area contributed by atoms with Gasteiger partial charge < -0.3 is 9.88 Å². The molecule has 3 aromatic rings. The van der Waals surface area contributed by atoms with Gasteiger partial charge in [-0.1, -0.05) is 18.6 Å². The molecule has 0 unspecified atom stereocenters. The van der Waals surface area contributed by atoms with Crippen LogP contribution in [0.5, 0.6) is 0 Å². The van der Waals surface area contributed by atoms with Gasteiger partial charge in [0, 0.05) is 24.3 Å². The number of amides is 1. The summed E-state index contributed by atoms with van der Waals surface area (Å²) in [5.74, 6) is 0.880. The fourth-order valence-corrected chi connectivity index (χ4v) is 3.69. The van der Waals surface area contributed by atoms with Gasteiger partial charge in [0.1, 0.15) is 5.82 Å². The molecule has 0 fully saturated rings. The molecule has 1 aromatic carbocycles. The zero-order chi connectivity index (χ0) is 17.2. The maximum absolute atomic E-state index is 12.5. The lowest BCUT2D eigenvalue weighted by molar-refractivity contribution is 0.0946. The molecule has 4 rings (SSSR count). The van der Waals surface area contributed by atoms with Crippen LogP contribution in [0.1, 0.15) is 46.8 Å². The summed E-state index contributed by atoms with van der Waals surface area (Å²) in [4.78, 5) is 17.1. The van der Waals surface area contributed by atoms with E-state index in [4.69, 9.17) is 0 Å². The quantitative estimate of drug-likeness (QED) is 0.719. The standard InChI is InChI=1S/C19H23N5O/c1-13-21-16-9-5-6-10-17(16)24(13)12-11-20-19(25)18-14-7-3-2-4-8-15(14)22-23-18/h5-6,9-10H,2-4,7-8,11-12H2,1H3,(H,20,25)(H,22,23). The third-order valence-corrected chi connectivity index (χ3v) is 4.99. The largest absolute Gasteiger partial charge is 0.349 e. The van der Waals surface area contributed by atoms with E-state index in [2.05, 4.69) is 31.1 Å². The van der Waals surface area contributed by atoms with Gasteiger partial charge in [-0.15, -0.1) is 0 Å². The molecule has 0 spiro atoms. The molecule has 0 saturated heterocycles. The van der Waals surface area contributed by atoms with Crippen molar-refractivity contribution in [1.29, 1.82) is 0 Å². The summed E-state index contributed by atoms with van der Waals surface area (Å²) in [5, 5.41) is 10.3. The van der Waals surface area contributed by atoms with Crippen LogP contribution in [0.4, 0.5) is 0 Å². The molecule has 25 heavy (non-hydrogen) atoms. The van der Waals surface area contributed by atoms with Crippen LogP contribution in [0.15, 0.2) is 24.3 Å². The summed E-state index contributed by atoms with van der Waals surface area (Å²) in [6.45, 7) is 3.25. The van der Waals surface area contributed by atoms with Crippen LogP contribution in [0.25, 0.3) is 11.0 Å². The fourth-order valence-electron chi connectivity index (χ4n) is 3.69. The van der Waals surface area contributed by atoms with Crippen LogP contribution < -0.4 is 5.32 Å². The van der Waals surface area contributed by atoms with Gasteiger partial charge in [0.05, 0.1) is 11.0 Å². The first kappa shape index (κ1) is 15.9. The number of nitrogens with one attached hydrogen (secondary N) is 2. The van der Waals surface area contributed by atoms with E-state index in [9.17, 15) is 4.79 Å². The Bertz CT molecular complexity index is 908. The molecule has 2 N–H and O–H groups in total. The number of H-pyrrole nitrogens is 1. The second-order valence-electron chi connectivity index (χ2n) is 6.65. The number of aromatic nitrogens is 4. The van der Waals surface area contributed by atoms with Crippen molar-refractivity contribution in [3.63, 3.8) is 0 Å². The summed E-state index contributed by atoms with van der Waals surface area (Å²) in [7, 11) is 0. The lowest BCUT2D eigenvalue weighted by Gasteiger charge is -2.08. The van der Waals surface area contributed by atoms with Gasteiger partial charge in [0.25, 0.3) is 5.91 Å². The summed E-state index contributed by atoms with van der Waals surface area (Å²) < 4.78 is 2.14. The molecule has 2 heterocycles. The van der Waals surface area contributed by atoms with Crippen LogP contribution in [0.3, 0.4) is 0 Å². The van der Waals surface area contributed by atoms with Crippen LogP contribution in [0.2, 0.25) is 0 Å². The van der Waals surface area contributed by atoms with E-state index in [1.54, 1.807) is 0 Å². The first-order valence-corrected chi connectivity index (χ1v) is 9.00. The third kappa shape index (κ3) is 3.04. The third-order valence-electron chi connectivity index (χ3n) is 4.99. The molecular formula is C19H23N5O. The average molecular weight is 337 g/mol. The number of aromatic amines is 1. The molecule has 0 atom stereocenters. The Morgan fingerprint density at radius 1 is 1.24 bits per heavy atom. The highest BCUT2D eigenvalue weighted by Gasteiger charge is 2.20. The first-order chi connectivity index (χ1) is 12.2. The number of para-hydroxylation sites is 2. The van der Waals surface area contributed by atoms with Gasteiger partial charge in [0.2, 0.25) is 0 Å². The van der Waals surface area contributed by atoms with E-state index in [0.29, 0.717) is 18.8 Å². The summed E-state index contributed by atoms with van der Waals surface area (Å²) in [6, 6.07) is 8.07. The number of aryl methyl sites for hydroxylation is 2. The highest BCUT2D eigenvalue weighted by atomic mass is 16.1. The van der Waals surface area contributed by atoms with Gasteiger partial charge in [0.15, 0.2) is 5.69 Å². The van der Waals surface area contributed by atoms with Crippen molar-refractivity contribution in [1.82, 2.24) is 25.1 Å². The second-order valence-corrected chi connectivity index (χ2v) is 6.65. The van der Waals surface area contributed by atoms with E-state index in [-0.39, 0.29) is 5.91 Å². The van der Waals surface area contributed by atoms with Crippen molar-refractivity contribution in [3.05, 3.63) is 47.0 Å². The molecule has 1 amide bonds. The average Bonchev–Trinajstić information content (AvgIpc) is 3.07. The minimum atomic E-state index is -0.0820. The van der Waals surface area contributed by atoms with E-state index in [1.807, 2.05) is 25.1 Å². The lowest BCUT2D eigenvalue weighted by Crippen LogP contribution is -2.28. The Hall–Kier alpha value is -2.63. The molecule has 2 aromatic heterocycles. The molecule has 130 valence electrons. The Labute approximate surface area is 146 Å². The minimum Gasteiger partial charge on any atom is -0.349 e. The summed E-state index contributed by atoms with van der Waals surface area (Å²) in [6.07, 6.45) is 5.46. The van der Waals surface area contributed by atoms with Gasteiger partial charge in [-0.2, -0.15) is 5.10 Å². The zero-order valence-corrected chi connectivity index (χ0v) is 14.5. The predicted molar refractivity (Wildman–Crippen MR) is 96.6 cm³/mol. The molecular weight excluding hydrogens is 314 g/mol. The van der Waals surface area contributed by atoms with Gasteiger partial charge >= 0.3 is 0 Å². The number of nitrogens with zero attached hydrogens (tertiary/aromatic N) is 3. The van der Waals surface area contributed by atoms with Crippen LogP contribution >= 0.6 is 0 Å². The monoisotopic (exact) mass is 337 g/mol. The number of rotatable bonds is 4. The van der Waals surface area contributed by atoms with Crippen molar-refractivity contribution in [3.8, 4) is 0 Å².